The Bertz CT molecular complexity index is 339. The first-order valence-electron chi connectivity index (χ1n) is 5.05. The summed E-state index contributed by atoms with van der Waals surface area (Å²) in [4.78, 5) is 8.46. The minimum absolute atomic E-state index is 0.464. The summed E-state index contributed by atoms with van der Waals surface area (Å²) in [6, 6.07) is 0. The summed E-state index contributed by atoms with van der Waals surface area (Å²) in [6.45, 7) is 2.14. The van der Waals surface area contributed by atoms with Crippen LogP contribution in [0.2, 0.25) is 5.02 Å². The van der Waals surface area contributed by atoms with E-state index in [1.165, 1.54) is 6.42 Å². The first kappa shape index (κ1) is 10.6. The highest BCUT2D eigenvalue weighted by molar-refractivity contribution is 6.31. The Hall–Kier alpha value is -0.870. The van der Waals surface area contributed by atoms with Gasteiger partial charge in [-0.25, -0.2) is 4.98 Å². The number of ether oxygens (including phenoxy) is 1. The van der Waals surface area contributed by atoms with Crippen LogP contribution in [0, 0.1) is 5.92 Å². The van der Waals surface area contributed by atoms with Gasteiger partial charge in [-0.1, -0.05) is 11.6 Å². The Kier molecular flexibility index (Phi) is 3.38. The monoisotopic (exact) mass is 227 g/mol. The van der Waals surface area contributed by atoms with E-state index in [1.54, 1.807) is 13.3 Å². The fourth-order valence-electron chi connectivity index (χ4n) is 1.77. The Balaban J connectivity index is 2.07. The van der Waals surface area contributed by atoms with E-state index < -0.39 is 0 Å². The topological polar surface area (TPSA) is 47.0 Å². The largest absolute Gasteiger partial charge is 0.480 e. The van der Waals surface area contributed by atoms with E-state index in [0.29, 0.717) is 16.8 Å². The van der Waals surface area contributed by atoms with Crippen molar-refractivity contribution in [1.29, 1.82) is 0 Å². The molecular formula is C10H14ClN3O. The van der Waals surface area contributed by atoms with Gasteiger partial charge in [0.15, 0.2) is 0 Å². The number of halogens is 1. The van der Waals surface area contributed by atoms with E-state index in [9.17, 15) is 0 Å². The third-order valence-corrected chi connectivity index (χ3v) is 2.85. The lowest BCUT2D eigenvalue weighted by atomic mass is 10.0. The summed E-state index contributed by atoms with van der Waals surface area (Å²) in [5.74, 6) is 1.91. The SMILES string of the molecule is COc1nc(C[C@@H]2CCNC2)ncc1Cl. The maximum absolute atomic E-state index is 5.85. The zero-order valence-corrected chi connectivity index (χ0v) is 9.42. The average Bonchev–Trinajstić information content (AvgIpc) is 2.73. The Labute approximate surface area is 94.0 Å². The molecule has 1 aliphatic rings. The van der Waals surface area contributed by atoms with E-state index in [4.69, 9.17) is 16.3 Å². The highest BCUT2D eigenvalue weighted by Crippen LogP contribution is 2.21. The predicted molar refractivity (Wildman–Crippen MR) is 58.3 cm³/mol. The maximum atomic E-state index is 5.85. The van der Waals surface area contributed by atoms with Crippen molar-refractivity contribution in [2.75, 3.05) is 20.2 Å². The van der Waals surface area contributed by atoms with Gasteiger partial charge in [0.25, 0.3) is 0 Å². The Morgan fingerprint density at radius 1 is 1.67 bits per heavy atom. The molecular weight excluding hydrogens is 214 g/mol. The van der Waals surface area contributed by atoms with Crippen LogP contribution in [0.4, 0.5) is 0 Å². The molecule has 0 saturated carbocycles. The predicted octanol–water partition coefficient (Wildman–Crippen LogP) is 1.29. The summed E-state index contributed by atoms with van der Waals surface area (Å²) in [5, 5.41) is 3.78. The van der Waals surface area contributed by atoms with Crippen LogP contribution in [0.1, 0.15) is 12.2 Å². The molecule has 1 aliphatic heterocycles. The molecule has 1 saturated heterocycles. The summed E-state index contributed by atoms with van der Waals surface area (Å²) in [7, 11) is 1.56. The molecule has 0 radical (unpaired) electrons. The highest BCUT2D eigenvalue weighted by atomic mass is 35.5. The first-order valence-corrected chi connectivity index (χ1v) is 5.43. The van der Waals surface area contributed by atoms with Crippen LogP contribution < -0.4 is 10.1 Å². The lowest BCUT2D eigenvalue weighted by Crippen LogP contribution is -2.12. The van der Waals surface area contributed by atoms with Crippen LogP contribution in [0.5, 0.6) is 5.88 Å². The molecule has 1 aromatic heterocycles. The molecule has 2 heterocycles. The Morgan fingerprint density at radius 2 is 2.53 bits per heavy atom. The molecule has 0 unspecified atom stereocenters. The molecule has 82 valence electrons. The van der Waals surface area contributed by atoms with Crippen LogP contribution >= 0.6 is 11.6 Å². The minimum atomic E-state index is 0.464. The molecule has 2 rings (SSSR count). The van der Waals surface area contributed by atoms with Crippen LogP contribution in [0.25, 0.3) is 0 Å². The van der Waals surface area contributed by atoms with E-state index in [0.717, 1.165) is 25.3 Å². The lowest BCUT2D eigenvalue weighted by Gasteiger charge is -2.08. The van der Waals surface area contributed by atoms with Gasteiger partial charge in [-0.2, -0.15) is 4.98 Å². The van der Waals surface area contributed by atoms with Crippen molar-refractivity contribution in [1.82, 2.24) is 15.3 Å². The van der Waals surface area contributed by atoms with Gasteiger partial charge < -0.3 is 10.1 Å². The number of hydrogen-bond donors (Lipinski definition) is 1. The number of rotatable bonds is 3. The molecule has 0 amide bonds. The smallest absolute Gasteiger partial charge is 0.235 e. The molecule has 1 atom stereocenters. The normalized spacial score (nSPS) is 20.5. The van der Waals surface area contributed by atoms with Crippen molar-refractivity contribution in [3.8, 4) is 5.88 Å². The standard InChI is InChI=1S/C10H14ClN3O/c1-15-10-8(11)6-13-9(14-10)4-7-2-3-12-5-7/h6-7,12H,2-5H2,1H3/t7-/m0/s1. The molecule has 0 aromatic carbocycles. The zero-order chi connectivity index (χ0) is 10.7. The number of hydrogen-bond acceptors (Lipinski definition) is 4. The maximum Gasteiger partial charge on any atom is 0.235 e. The zero-order valence-electron chi connectivity index (χ0n) is 8.66. The van der Waals surface area contributed by atoms with Gasteiger partial charge in [-0.3, -0.25) is 0 Å². The summed E-state index contributed by atoms with van der Waals surface area (Å²) < 4.78 is 5.05. The van der Waals surface area contributed by atoms with E-state index in [-0.39, 0.29) is 0 Å². The fraction of sp³-hybridized carbons (Fsp3) is 0.600. The van der Waals surface area contributed by atoms with Crippen molar-refractivity contribution >= 4 is 11.6 Å². The second kappa shape index (κ2) is 4.77. The van der Waals surface area contributed by atoms with Crippen molar-refractivity contribution in [3.05, 3.63) is 17.0 Å². The molecule has 0 spiro atoms. The Morgan fingerprint density at radius 3 is 3.20 bits per heavy atom. The van der Waals surface area contributed by atoms with Crippen molar-refractivity contribution in [2.45, 2.75) is 12.8 Å². The fourth-order valence-corrected chi connectivity index (χ4v) is 1.94. The number of methoxy groups -OCH3 is 1. The molecule has 0 bridgehead atoms. The van der Waals surface area contributed by atoms with Gasteiger partial charge in [0.2, 0.25) is 5.88 Å². The molecule has 1 N–H and O–H groups in total. The van der Waals surface area contributed by atoms with Crippen molar-refractivity contribution in [3.63, 3.8) is 0 Å². The number of nitrogens with one attached hydrogen (secondary N) is 1. The summed E-state index contributed by atoms with van der Waals surface area (Å²) in [5.41, 5.74) is 0. The van der Waals surface area contributed by atoms with Gasteiger partial charge in [-0.15, -0.1) is 0 Å². The van der Waals surface area contributed by atoms with Crippen molar-refractivity contribution in [2.24, 2.45) is 5.92 Å². The van der Waals surface area contributed by atoms with Gasteiger partial charge in [-0.05, 0) is 25.4 Å². The second-order valence-corrected chi connectivity index (χ2v) is 4.11. The molecule has 1 fully saturated rings. The average molecular weight is 228 g/mol. The first-order chi connectivity index (χ1) is 7.29. The lowest BCUT2D eigenvalue weighted by molar-refractivity contribution is 0.393. The quantitative estimate of drug-likeness (QED) is 0.846. The van der Waals surface area contributed by atoms with Gasteiger partial charge in [0.1, 0.15) is 10.8 Å². The molecule has 4 nitrogen and oxygen atoms in total. The van der Waals surface area contributed by atoms with E-state index in [2.05, 4.69) is 15.3 Å². The third-order valence-electron chi connectivity index (χ3n) is 2.59. The molecule has 5 heteroatoms. The minimum Gasteiger partial charge on any atom is -0.480 e. The van der Waals surface area contributed by atoms with Crippen LogP contribution in [0.15, 0.2) is 6.20 Å². The molecule has 1 aromatic rings. The number of nitrogens with zero attached hydrogens (tertiary/aromatic N) is 2. The van der Waals surface area contributed by atoms with Crippen molar-refractivity contribution < 1.29 is 4.74 Å². The van der Waals surface area contributed by atoms with Gasteiger partial charge in [0, 0.05) is 6.42 Å². The highest BCUT2D eigenvalue weighted by Gasteiger charge is 2.17. The van der Waals surface area contributed by atoms with Gasteiger partial charge >= 0.3 is 0 Å². The van der Waals surface area contributed by atoms with Crippen LogP contribution in [-0.2, 0) is 6.42 Å². The summed E-state index contributed by atoms with van der Waals surface area (Å²) in [6.07, 6.45) is 3.68. The van der Waals surface area contributed by atoms with Gasteiger partial charge in [0.05, 0.1) is 13.3 Å². The molecule has 15 heavy (non-hydrogen) atoms. The third kappa shape index (κ3) is 2.58. The molecule has 0 aliphatic carbocycles. The second-order valence-electron chi connectivity index (χ2n) is 3.71. The number of aromatic nitrogens is 2. The van der Waals surface area contributed by atoms with E-state index in [1.807, 2.05) is 0 Å². The van der Waals surface area contributed by atoms with Crippen LogP contribution in [-0.4, -0.2) is 30.2 Å². The van der Waals surface area contributed by atoms with E-state index >= 15 is 0 Å². The van der Waals surface area contributed by atoms with Crippen LogP contribution in [0.3, 0.4) is 0 Å². The summed E-state index contributed by atoms with van der Waals surface area (Å²) >= 11 is 5.85.